The van der Waals surface area contributed by atoms with Crippen molar-refractivity contribution in [1.82, 2.24) is 0 Å². The van der Waals surface area contributed by atoms with Crippen molar-refractivity contribution >= 4 is 11.8 Å². The number of aliphatic hydroxyl groups excluding tert-OH is 1. The number of aliphatic hydroxyl groups is 1. The maximum atomic E-state index is 9.19. The second-order valence-electron chi connectivity index (χ2n) is 4.66. The first-order valence-corrected chi connectivity index (χ1v) is 7.34. The first-order valence-electron chi connectivity index (χ1n) is 6.29. The number of ether oxygens (including phenoxy) is 1. The molecule has 0 aromatic carbocycles. The summed E-state index contributed by atoms with van der Waals surface area (Å²) in [6.07, 6.45) is 5.26. The molecule has 1 saturated heterocycles. The Hall–Kier alpha value is 0.230. The van der Waals surface area contributed by atoms with Gasteiger partial charge in [0, 0.05) is 24.0 Å². The highest BCUT2D eigenvalue weighted by Gasteiger charge is 2.21. The quantitative estimate of drug-likeness (QED) is 0.673. The van der Waals surface area contributed by atoms with E-state index in [0.29, 0.717) is 0 Å². The summed E-state index contributed by atoms with van der Waals surface area (Å²) in [5.41, 5.74) is 5.69. The molecule has 96 valence electrons. The lowest BCUT2D eigenvalue weighted by Gasteiger charge is -2.26. The van der Waals surface area contributed by atoms with Crippen LogP contribution in [0, 0.1) is 0 Å². The minimum absolute atomic E-state index is 0.103. The van der Waals surface area contributed by atoms with E-state index in [1.807, 2.05) is 18.7 Å². The molecule has 1 rings (SSSR count). The number of thioether (sulfide) groups is 1. The zero-order chi connectivity index (χ0) is 11.9. The van der Waals surface area contributed by atoms with Gasteiger partial charge in [-0.3, -0.25) is 0 Å². The Kier molecular flexibility index (Phi) is 6.73. The van der Waals surface area contributed by atoms with Gasteiger partial charge in [0.25, 0.3) is 0 Å². The summed E-state index contributed by atoms with van der Waals surface area (Å²) in [6.45, 7) is 3.99. The van der Waals surface area contributed by atoms with Crippen LogP contribution in [0.2, 0.25) is 0 Å². The number of rotatable bonds is 7. The molecule has 0 aromatic rings. The van der Waals surface area contributed by atoms with Gasteiger partial charge in [-0.2, -0.15) is 11.8 Å². The molecule has 1 fully saturated rings. The average molecular weight is 247 g/mol. The SMILES string of the molecule is CCC(N)(CO)CCCSC1CCOCC1. The second kappa shape index (κ2) is 7.54. The summed E-state index contributed by atoms with van der Waals surface area (Å²) in [5, 5.41) is 9.96. The highest BCUT2D eigenvalue weighted by Crippen LogP contribution is 2.24. The largest absolute Gasteiger partial charge is 0.394 e. The molecule has 16 heavy (non-hydrogen) atoms. The van der Waals surface area contributed by atoms with Crippen LogP contribution in [-0.2, 0) is 4.74 Å². The van der Waals surface area contributed by atoms with E-state index >= 15 is 0 Å². The summed E-state index contributed by atoms with van der Waals surface area (Å²) >= 11 is 2.04. The topological polar surface area (TPSA) is 55.5 Å². The molecule has 0 saturated carbocycles. The van der Waals surface area contributed by atoms with Gasteiger partial charge in [-0.15, -0.1) is 0 Å². The van der Waals surface area contributed by atoms with E-state index in [-0.39, 0.29) is 12.1 Å². The zero-order valence-corrected chi connectivity index (χ0v) is 11.1. The Morgan fingerprint density at radius 2 is 2.12 bits per heavy atom. The molecular formula is C12H25NO2S. The molecule has 0 spiro atoms. The number of hydrogen-bond acceptors (Lipinski definition) is 4. The van der Waals surface area contributed by atoms with Crippen LogP contribution in [0.1, 0.15) is 39.0 Å². The van der Waals surface area contributed by atoms with Gasteiger partial charge >= 0.3 is 0 Å². The van der Waals surface area contributed by atoms with Gasteiger partial charge in [-0.25, -0.2) is 0 Å². The first-order chi connectivity index (χ1) is 7.70. The van der Waals surface area contributed by atoms with Gasteiger partial charge in [0.2, 0.25) is 0 Å². The molecule has 1 aliphatic heterocycles. The lowest BCUT2D eigenvalue weighted by Crippen LogP contribution is -2.43. The Bertz CT molecular complexity index is 180. The zero-order valence-electron chi connectivity index (χ0n) is 10.3. The van der Waals surface area contributed by atoms with Crippen molar-refractivity contribution < 1.29 is 9.84 Å². The predicted octanol–water partition coefficient (Wildman–Crippen LogP) is 1.78. The molecule has 1 aliphatic rings. The van der Waals surface area contributed by atoms with Crippen molar-refractivity contribution in [3.8, 4) is 0 Å². The van der Waals surface area contributed by atoms with E-state index in [0.717, 1.165) is 43.5 Å². The van der Waals surface area contributed by atoms with Crippen LogP contribution in [0.25, 0.3) is 0 Å². The van der Waals surface area contributed by atoms with Crippen molar-refractivity contribution in [2.45, 2.75) is 49.8 Å². The summed E-state index contributed by atoms with van der Waals surface area (Å²) in [6, 6.07) is 0. The average Bonchev–Trinajstić information content (AvgIpc) is 2.36. The Morgan fingerprint density at radius 3 is 2.69 bits per heavy atom. The molecule has 0 aromatic heterocycles. The van der Waals surface area contributed by atoms with Gasteiger partial charge in [-0.1, -0.05) is 6.92 Å². The van der Waals surface area contributed by atoms with Crippen LogP contribution in [-0.4, -0.2) is 41.5 Å². The van der Waals surface area contributed by atoms with E-state index in [2.05, 4.69) is 0 Å². The summed E-state index contributed by atoms with van der Waals surface area (Å²) in [5.74, 6) is 1.16. The fourth-order valence-electron chi connectivity index (χ4n) is 1.88. The molecule has 1 atom stereocenters. The van der Waals surface area contributed by atoms with E-state index in [4.69, 9.17) is 10.5 Å². The normalized spacial score (nSPS) is 21.9. The molecule has 3 N–H and O–H groups in total. The first kappa shape index (κ1) is 14.3. The molecule has 3 nitrogen and oxygen atoms in total. The number of nitrogens with two attached hydrogens (primary N) is 1. The van der Waals surface area contributed by atoms with Gasteiger partial charge in [0.05, 0.1) is 6.61 Å². The van der Waals surface area contributed by atoms with Crippen LogP contribution >= 0.6 is 11.8 Å². The Labute approximate surface area is 103 Å². The van der Waals surface area contributed by atoms with Crippen molar-refractivity contribution in [3.63, 3.8) is 0 Å². The molecule has 1 heterocycles. The highest BCUT2D eigenvalue weighted by atomic mass is 32.2. The minimum Gasteiger partial charge on any atom is -0.394 e. The lowest BCUT2D eigenvalue weighted by molar-refractivity contribution is 0.1000. The van der Waals surface area contributed by atoms with Crippen LogP contribution < -0.4 is 5.73 Å². The minimum atomic E-state index is -0.351. The third-order valence-corrected chi connectivity index (χ3v) is 4.83. The molecule has 0 bridgehead atoms. The molecule has 1 unspecified atom stereocenters. The van der Waals surface area contributed by atoms with Crippen LogP contribution in [0.15, 0.2) is 0 Å². The lowest BCUT2D eigenvalue weighted by atomic mass is 9.93. The standard InChI is InChI=1S/C12H25NO2S/c1-2-12(13,10-14)6-3-9-16-11-4-7-15-8-5-11/h11,14H,2-10,13H2,1H3. The van der Waals surface area contributed by atoms with Gasteiger partial charge in [0.15, 0.2) is 0 Å². The van der Waals surface area contributed by atoms with E-state index in [9.17, 15) is 5.11 Å². The van der Waals surface area contributed by atoms with E-state index < -0.39 is 0 Å². The Morgan fingerprint density at radius 1 is 1.44 bits per heavy atom. The van der Waals surface area contributed by atoms with Crippen molar-refractivity contribution in [1.29, 1.82) is 0 Å². The van der Waals surface area contributed by atoms with E-state index in [1.165, 1.54) is 12.8 Å². The van der Waals surface area contributed by atoms with Crippen molar-refractivity contribution in [2.24, 2.45) is 5.73 Å². The van der Waals surface area contributed by atoms with Gasteiger partial charge in [0.1, 0.15) is 0 Å². The fourth-order valence-corrected chi connectivity index (χ4v) is 3.05. The predicted molar refractivity (Wildman–Crippen MR) is 69.8 cm³/mol. The van der Waals surface area contributed by atoms with E-state index in [1.54, 1.807) is 0 Å². The molecular weight excluding hydrogens is 222 g/mol. The maximum absolute atomic E-state index is 9.19. The molecule has 0 radical (unpaired) electrons. The summed E-state index contributed by atoms with van der Waals surface area (Å²) in [4.78, 5) is 0. The molecule has 0 amide bonds. The van der Waals surface area contributed by atoms with Crippen LogP contribution in [0.4, 0.5) is 0 Å². The third-order valence-electron chi connectivity index (χ3n) is 3.36. The third kappa shape index (κ3) is 5.04. The smallest absolute Gasteiger partial charge is 0.0611 e. The Balaban J connectivity index is 2.06. The molecule has 0 aliphatic carbocycles. The number of hydrogen-bond donors (Lipinski definition) is 2. The monoisotopic (exact) mass is 247 g/mol. The van der Waals surface area contributed by atoms with Crippen LogP contribution in [0.3, 0.4) is 0 Å². The van der Waals surface area contributed by atoms with Gasteiger partial charge in [-0.05, 0) is 37.9 Å². The highest BCUT2D eigenvalue weighted by molar-refractivity contribution is 7.99. The summed E-state index contributed by atoms with van der Waals surface area (Å²) < 4.78 is 5.33. The van der Waals surface area contributed by atoms with Crippen LogP contribution in [0.5, 0.6) is 0 Å². The van der Waals surface area contributed by atoms with Crippen molar-refractivity contribution in [2.75, 3.05) is 25.6 Å². The van der Waals surface area contributed by atoms with Gasteiger partial charge < -0.3 is 15.6 Å². The second-order valence-corrected chi connectivity index (χ2v) is 6.07. The molecule has 4 heteroatoms. The fraction of sp³-hybridized carbons (Fsp3) is 1.00. The van der Waals surface area contributed by atoms with Crippen molar-refractivity contribution in [3.05, 3.63) is 0 Å². The maximum Gasteiger partial charge on any atom is 0.0611 e. The summed E-state index contributed by atoms with van der Waals surface area (Å²) in [7, 11) is 0.